The highest BCUT2D eigenvalue weighted by Crippen LogP contribution is 2.13. The largest absolute Gasteiger partial charge is 0.376 e. The molecular weight excluding hydrogens is 761 g/mol. The van der Waals surface area contributed by atoms with Crippen LogP contribution < -0.4 is 0 Å². The highest BCUT2D eigenvalue weighted by atomic mass is 16.6. The van der Waals surface area contributed by atoms with Gasteiger partial charge in [-0.2, -0.15) is 0 Å². The highest BCUT2D eigenvalue weighted by molar-refractivity contribution is 5.16. The topological polar surface area (TPSA) is 92.3 Å². The number of hydrogen-bond donors (Lipinski definition) is 0. The summed E-state index contributed by atoms with van der Waals surface area (Å²) in [7, 11) is 0. The molecule has 0 unspecified atom stereocenters. The van der Waals surface area contributed by atoms with Gasteiger partial charge in [0.25, 0.3) is 0 Å². The summed E-state index contributed by atoms with van der Waals surface area (Å²) in [6.07, 6.45) is -1.78. The Morgan fingerprint density at radius 3 is 0.550 bits per heavy atom. The van der Waals surface area contributed by atoms with Crippen LogP contribution in [-0.4, -0.2) is 96.6 Å². The predicted molar refractivity (Wildman–Crippen MR) is 229 cm³/mol. The van der Waals surface area contributed by atoms with E-state index in [-0.39, 0.29) is 30.5 Å². The summed E-state index contributed by atoms with van der Waals surface area (Å²) in [5.74, 6) is 0. The van der Waals surface area contributed by atoms with Crippen molar-refractivity contribution in [2.75, 3.05) is 66.1 Å². The maximum Gasteiger partial charge on any atom is 0.105 e. The Balaban J connectivity index is 1.16. The number of rotatable bonds is 15. The Kier molecular flexibility index (Phi) is 20.8. The second kappa shape index (κ2) is 27.5. The van der Waals surface area contributed by atoms with Crippen molar-refractivity contribution < 1.29 is 47.4 Å². The predicted octanol–water partition coefficient (Wildman–Crippen LogP) is 8.01. The van der Waals surface area contributed by atoms with Gasteiger partial charge < -0.3 is 47.4 Å². The van der Waals surface area contributed by atoms with E-state index in [1.54, 1.807) is 0 Å². The molecule has 5 aromatic rings. The van der Waals surface area contributed by atoms with Crippen molar-refractivity contribution in [1.29, 1.82) is 0 Å². The second-order valence-corrected chi connectivity index (χ2v) is 14.8. The molecule has 0 N–H and O–H groups in total. The van der Waals surface area contributed by atoms with Crippen molar-refractivity contribution in [1.82, 2.24) is 0 Å². The first-order valence-electron chi connectivity index (χ1n) is 20.9. The molecule has 0 radical (unpaired) electrons. The molecule has 60 heavy (non-hydrogen) atoms. The van der Waals surface area contributed by atoms with Crippen molar-refractivity contribution in [3.05, 3.63) is 179 Å². The summed E-state index contributed by atoms with van der Waals surface area (Å²) in [6, 6.07) is 50.4. The Labute approximate surface area is 355 Å². The van der Waals surface area contributed by atoms with Crippen LogP contribution in [0.3, 0.4) is 0 Å². The molecule has 6 rings (SSSR count). The number of benzene rings is 5. The van der Waals surface area contributed by atoms with Crippen LogP contribution >= 0.6 is 0 Å². The lowest BCUT2D eigenvalue weighted by Gasteiger charge is -2.25. The van der Waals surface area contributed by atoms with Gasteiger partial charge in [0.2, 0.25) is 0 Å². The van der Waals surface area contributed by atoms with Crippen LogP contribution in [0.15, 0.2) is 152 Å². The minimum absolute atomic E-state index is 0.293. The summed E-state index contributed by atoms with van der Waals surface area (Å²) in [4.78, 5) is 0. The van der Waals surface area contributed by atoms with Crippen LogP contribution in [0.1, 0.15) is 27.8 Å². The third-order valence-corrected chi connectivity index (χ3v) is 9.68. The fraction of sp³-hybridized carbons (Fsp3) is 0.400. The van der Waals surface area contributed by atoms with Crippen LogP contribution in [0, 0.1) is 0 Å². The fourth-order valence-corrected chi connectivity index (χ4v) is 6.32. The Hall–Kier alpha value is -4.30. The molecule has 0 aliphatic carbocycles. The summed E-state index contributed by atoms with van der Waals surface area (Å²) in [5, 5.41) is 0. The van der Waals surface area contributed by atoms with Gasteiger partial charge in [-0.05, 0) is 27.8 Å². The molecule has 1 heterocycles. The summed E-state index contributed by atoms with van der Waals surface area (Å²) in [5.41, 5.74) is 5.33. The lowest BCUT2D eigenvalue weighted by Crippen LogP contribution is -2.35. The molecule has 1 fully saturated rings. The quantitative estimate of drug-likeness (QED) is 0.104. The molecule has 0 atom stereocenters. The first-order valence-corrected chi connectivity index (χ1v) is 20.9. The Morgan fingerprint density at radius 2 is 0.400 bits per heavy atom. The van der Waals surface area contributed by atoms with Gasteiger partial charge in [-0.1, -0.05) is 152 Å². The van der Waals surface area contributed by atoms with Crippen molar-refractivity contribution in [3.8, 4) is 0 Å². The van der Waals surface area contributed by atoms with Crippen LogP contribution in [-0.2, 0) is 80.4 Å². The monoisotopic (exact) mass is 820 g/mol. The average Bonchev–Trinajstić information content (AvgIpc) is 3.30. The van der Waals surface area contributed by atoms with E-state index in [0.29, 0.717) is 99.1 Å². The van der Waals surface area contributed by atoms with Crippen molar-refractivity contribution >= 4 is 0 Å². The van der Waals surface area contributed by atoms with E-state index in [1.165, 1.54) is 0 Å². The smallest absolute Gasteiger partial charge is 0.105 e. The van der Waals surface area contributed by atoms with E-state index in [0.717, 1.165) is 27.8 Å². The van der Waals surface area contributed by atoms with Crippen LogP contribution in [0.25, 0.3) is 0 Å². The fourth-order valence-electron chi connectivity index (χ4n) is 6.32. The standard InChI is InChI=1S/C50H60O10/c1-6-16-41(17-7-1)26-56-46-31-51-33-47(57-27-42-18-8-2-9-19-42)35-53-37-49(59-29-44-22-12-4-13-23-44)39-55-40-50(60-30-45-24-14-5-15-25-45)38-54-36-48(34-52-32-46)58-28-43-20-10-3-11-21-43/h1-25,46-50H,26-40H2. The maximum atomic E-state index is 6.38. The minimum Gasteiger partial charge on any atom is -0.376 e. The van der Waals surface area contributed by atoms with Gasteiger partial charge in [0.15, 0.2) is 0 Å². The van der Waals surface area contributed by atoms with Gasteiger partial charge in [-0.3, -0.25) is 0 Å². The van der Waals surface area contributed by atoms with E-state index in [4.69, 9.17) is 47.4 Å². The maximum absolute atomic E-state index is 6.38. The number of hydrogen-bond acceptors (Lipinski definition) is 10. The molecule has 0 spiro atoms. The molecule has 5 aromatic carbocycles. The SMILES string of the molecule is c1ccc(COC2COCC(OCc3ccccc3)COCC(OCc3ccccc3)COCC(OCc3ccccc3)COCC(OCc3ccccc3)COC2)cc1. The van der Waals surface area contributed by atoms with Crippen LogP contribution in [0.5, 0.6) is 0 Å². The van der Waals surface area contributed by atoms with Gasteiger partial charge in [0.1, 0.15) is 30.5 Å². The molecule has 10 nitrogen and oxygen atoms in total. The van der Waals surface area contributed by atoms with E-state index >= 15 is 0 Å². The van der Waals surface area contributed by atoms with Crippen LogP contribution in [0.2, 0.25) is 0 Å². The van der Waals surface area contributed by atoms with Crippen molar-refractivity contribution in [2.24, 2.45) is 0 Å². The molecule has 0 bridgehead atoms. The molecule has 0 amide bonds. The molecule has 0 aromatic heterocycles. The van der Waals surface area contributed by atoms with E-state index in [1.807, 2.05) is 152 Å². The van der Waals surface area contributed by atoms with Gasteiger partial charge >= 0.3 is 0 Å². The molecular formula is C50H60O10. The zero-order chi connectivity index (χ0) is 41.1. The zero-order valence-electron chi connectivity index (χ0n) is 34.5. The third kappa shape index (κ3) is 18.1. The zero-order valence-corrected chi connectivity index (χ0v) is 34.5. The summed E-state index contributed by atoms with van der Waals surface area (Å²) in [6.45, 7) is 5.03. The van der Waals surface area contributed by atoms with Crippen LogP contribution in [0.4, 0.5) is 0 Å². The second-order valence-electron chi connectivity index (χ2n) is 14.8. The van der Waals surface area contributed by atoms with Gasteiger partial charge in [0, 0.05) is 0 Å². The van der Waals surface area contributed by atoms with E-state index in [2.05, 4.69) is 0 Å². The molecule has 320 valence electrons. The first-order chi connectivity index (χ1) is 29.7. The normalized spacial score (nSPS) is 21.8. The highest BCUT2D eigenvalue weighted by Gasteiger charge is 2.21. The summed E-state index contributed by atoms with van der Waals surface area (Å²) < 4.78 is 63.5. The molecule has 1 aliphatic rings. The number of ether oxygens (including phenoxy) is 10. The average molecular weight is 821 g/mol. The Bertz CT molecular complexity index is 1450. The lowest BCUT2D eigenvalue weighted by atomic mass is 10.2. The lowest BCUT2D eigenvalue weighted by molar-refractivity contribution is -0.135. The minimum atomic E-state index is -0.356. The molecule has 0 saturated carbocycles. The van der Waals surface area contributed by atoms with E-state index < -0.39 is 0 Å². The third-order valence-electron chi connectivity index (χ3n) is 9.68. The molecule has 1 saturated heterocycles. The molecule has 1 aliphatic heterocycles. The Morgan fingerprint density at radius 1 is 0.250 bits per heavy atom. The van der Waals surface area contributed by atoms with E-state index in [9.17, 15) is 0 Å². The van der Waals surface area contributed by atoms with Crippen molar-refractivity contribution in [3.63, 3.8) is 0 Å². The van der Waals surface area contributed by atoms with Gasteiger partial charge in [-0.25, -0.2) is 0 Å². The molecule has 10 heteroatoms. The first kappa shape index (κ1) is 45.2. The van der Waals surface area contributed by atoms with Gasteiger partial charge in [-0.15, -0.1) is 0 Å². The summed E-state index contributed by atoms with van der Waals surface area (Å²) >= 11 is 0. The van der Waals surface area contributed by atoms with Crippen molar-refractivity contribution in [2.45, 2.75) is 63.6 Å². The van der Waals surface area contributed by atoms with Gasteiger partial charge in [0.05, 0.1) is 99.1 Å².